The number of hydrogen-bond acceptors (Lipinski definition) is 6. The highest BCUT2D eigenvalue weighted by Crippen LogP contribution is 2.55. The van der Waals surface area contributed by atoms with E-state index in [1.54, 1.807) is 20.8 Å². The number of ether oxygens (including phenoxy) is 1. The molecule has 7 nitrogen and oxygen atoms in total. The van der Waals surface area contributed by atoms with Crippen LogP contribution in [0.5, 0.6) is 0 Å². The molecule has 2 amide bonds. The maximum atomic E-state index is 12.9. The van der Waals surface area contributed by atoms with E-state index in [0.717, 1.165) is 12.8 Å². The number of amides is 2. The van der Waals surface area contributed by atoms with Crippen LogP contribution in [0.15, 0.2) is 0 Å². The third-order valence-electron chi connectivity index (χ3n) is 5.51. The highest BCUT2D eigenvalue weighted by molar-refractivity contribution is 6.01. The van der Waals surface area contributed by atoms with Crippen molar-refractivity contribution in [2.45, 2.75) is 71.3 Å². The van der Waals surface area contributed by atoms with E-state index in [1.165, 1.54) is 0 Å². The summed E-state index contributed by atoms with van der Waals surface area (Å²) in [6.07, 6.45) is 3.55. The van der Waals surface area contributed by atoms with Crippen molar-refractivity contribution in [2.75, 3.05) is 0 Å². The second-order valence-electron chi connectivity index (χ2n) is 8.38. The SMILES string of the molecule is CC(C)(C)OC(=O)C12CCC(CC1)CC2C(=O)ON1C(=O)CCC1=O. The Labute approximate surface area is 147 Å². The molecule has 25 heavy (non-hydrogen) atoms. The van der Waals surface area contributed by atoms with E-state index in [4.69, 9.17) is 9.57 Å². The molecule has 1 heterocycles. The molecular formula is C18H25NO6. The summed E-state index contributed by atoms with van der Waals surface area (Å²) < 4.78 is 5.59. The van der Waals surface area contributed by atoms with Gasteiger partial charge in [0.1, 0.15) is 5.60 Å². The minimum atomic E-state index is -0.912. The topological polar surface area (TPSA) is 90.0 Å². The van der Waals surface area contributed by atoms with Gasteiger partial charge in [-0.1, -0.05) is 0 Å². The Morgan fingerprint density at radius 2 is 1.64 bits per heavy atom. The normalized spacial score (nSPS) is 32.0. The molecule has 0 aromatic heterocycles. The smallest absolute Gasteiger partial charge is 0.337 e. The molecule has 1 aliphatic heterocycles. The summed E-state index contributed by atoms with van der Waals surface area (Å²) in [5.74, 6) is -2.36. The van der Waals surface area contributed by atoms with Crippen LogP contribution in [0.4, 0.5) is 0 Å². The molecule has 4 fully saturated rings. The molecule has 0 radical (unpaired) electrons. The van der Waals surface area contributed by atoms with Gasteiger partial charge in [-0.05, 0) is 58.8 Å². The van der Waals surface area contributed by atoms with Crippen LogP contribution in [0.3, 0.4) is 0 Å². The lowest BCUT2D eigenvalue weighted by Crippen LogP contribution is -2.53. The Kier molecular flexibility index (Phi) is 4.37. The molecule has 4 rings (SSSR count). The zero-order valence-electron chi connectivity index (χ0n) is 15.0. The van der Waals surface area contributed by atoms with E-state index in [0.29, 0.717) is 30.2 Å². The first kappa shape index (κ1) is 17.9. The van der Waals surface area contributed by atoms with E-state index in [-0.39, 0.29) is 18.8 Å². The number of fused-ring (bicyclic) bond motifs is 3. The van der Waals surface area contributed by atoms with E-state index in [1.807, 2.05) is 0 Å². The van der Waals surface area contributed by atoms with Crippen molar-refractivity contribution < 1.29 is 28.8 Å². The second kappa shape index (κ2) is 6.11. The van der Waals surface area contributed by atoms with Gasteiger partial charge in [0.2, 0.25) is 0 Å². The van der Waals surface area contributed by atoms with Gasteiger partial charge in [-0.3, -0.25) is 14.4 Å². The van der Waals surface area contributed by atoms with Gasteiger partial charge in [-0.25, -0.2) is 4.79 Å². The van der Waals surface area contributed by atoms with Gasteiger partial charge in [0.25, 0.3) is 11.8 Å². The summed E-state index contributed by atoms with van der Waals surface area (Å²) in [7, 11) is 0. The number of esters is 1. The maximum absolute atomic E-state index is 12.9. The minimum Gasteiger partial charge on any atom is -0.460 e. The Morgan fingerprint density at radius 1 is 1.08 bits per heavy atom. The van der Waals surface area contributed by atoms with Crippen molar-refractivity contribution in [3.8, 4) is 0 Å². The van der Waals surface area contributed by atoms with Gasteiger partial charge < -0.3 is 9.57 Å². The summed E-state index contributed by atoms with van der Waals surface area (Å²) in [4.78, 5) is 54.2. The quantitative estimate of drug-likeness (QED) is 0.571. The Hall–Kier alpha value is -1.92. The third-order valence-corrected chi connectivity index (χ3v) is 5.51. The number of carbonyl (C=O) groups excluding carboxylic acids is 4. The van der Waals surface area contributed by atoms with Crippen molar-refractivity contribution >= 4 is 23.8 Å². The fraction of sp³-hybridized carbons (Fsp3) is 0.778. The van der Waals surface area contributed by atoms with Crippen molar-refractivity contribution in [1.82, 2.24) is 5.06 Å². The summed E-state index contributed by atoms with van der Waals surface area (Å²) in [5.41, 5.74) is -1.56. The summed E-state index contributed by atoms with van der Waals surface area (Å²) in [6.45, 7) is 5.39. The van der Waals surface area contributed by atoms with E-state index >= 15 is 0 Å². The van der Waals surface area contributed by atoms with Crippen LogP contribution in [0, 0.1) is 17.3 Å². The lowest BCUT2D eigenvalue weighted by Gasteiger charge is -2.49. The number of imide groups is 1. The largest absolute Gasteiger partial charge is 0.460 e. The van der Waals surface area contributed by atoms with E-state index in [9.17, 15) is 19.2 Å². The molecule has 4 aliphatic rings. The molecule has 0 spiro atoms. The molecule has 2 bridgehead atoms. The van der Waals surface area contributed by atoms with E-state index in [2.05, 4.69) is 0 Å². The molecule has 0 aromatic rings. The zero-order valence-corrected chi connectivity index (χ0v) is 15.0. The van der Waals surface area contributed by atoms with Crippen LogP contribution < -0.4 is 0 Å². The summed E-state index contributed by atoms with van der Waals surface area (Å²) in [6, 6.07) is 0. The van der Waals surface area contributed by atoms with Crippen molar-refractivity contribution in [2.24, 2.45) is 17.3 Å². The Balaban J connectivity index is 1.80. The molecule has 0 aromatic carbocycles. The summed E-state index contributed by atoms with van der Waals surface area (Å²) in [5, 5.41) is 0.563. The van der Waals surface area contributed by atoms with Crippen LogP contribution in [0.2, 0.25) is 0 Å². The fourth-order valence-electron chi connectivity index (χ4n) is 4.20. The van der Waals surface area contributed by atoms with Gasteiger partial charge in [-0.2, -0.15) is 0 Å². The molecule has 1 saturated heterocycles. The molecule has 1 unspecified atom stereocenters. The highest BCUT2D eigenvalue weighted by atomic mass is 16.7. The van der Waals surface area contributed by atoms with Crippen LogP contribution in [-0.4, -0.2) is 34.4 Å². The first-order chi connectivity index (χ1) is 11.6. The molecule has 1 atom stereocenters. The van der Waals surface area contributed by atoms with Crippen LogP contribution in [-0.2, 0) is 28.8 Å². The Morgan fingerprint density at radius 3 is 2.16 bits per heavy atom. The first-order valence-corrected chi connectivity index (χ1v) is 8.93. The average Bonchev–Trinajstić information content (AvgIpc) is 2.86. The van der Waals surface area contributed by atoms with Crippen LogP contribution in [0.1, 0.15) is 65.7 Å². The molecule has 7 heteroatoms. The van der Waals surface area contributed by atoms with Gasteiger partial charge in [0.15, 0.2) is 0 Å². The molecule has 138 valence electrons. The van der Waals surface area contributed by atoms with Crippen molar-refractivity contribution in [3.63, 3.8) is 0 Å². The number of hydrogen-bond donors (Lipinski definition) is 0. The number of hydroxylamine groups is 2. The molecule has 0 N–H and O–H groups in total. The van der Waals surface area contributed by atoms with Crippen molar-refractivity contribution in [3.05, 3.63) is 0 Å². The minimum absolute atomic E-state index is 0.0522. The first-order valence-electron chi connectivity index (χ1n) is 8.93. The third kappa shape index (κ3) is 3.28. The second-order valence-corrected chi connectivity index (χ2v) is 8.38. The fourth-order valence-corrected chi connectivity index (χ4v) is 4.20. The van der Waals surface area contributed by atoms with Gasteiger partial charge in [0, 0.05) is 12.8 Å². The van der Waals surface area contributed by atoms with Crippen LogP contribution in [0.25, 0.3) is 0 Å². The molecule has 3 aliphatic carbocycles. The summed E-state index contributed by atoms with van der Waals surface area (Å²) >= 11 is 0. The van der Waals surface area contributed by atoms with Crippen molar-refractivity contribution in [1.29, 1.82) is 0 Å². The number of carbonyl (C=O) groups is 4. The lowest BCUT2D eigenvalue weighted by atomic mass is 9.55. The predicted molar refractivity (Wildman–Crippen MR) is 85.5 cm³/mol. The van der Waals surface area contributed by atoms with E-state index < -0.39 is 34.7 Å². The lowest BCUT2D eigenvalue weighted by molar-refractivity contribution is -0.212. The molecule has 3 saturated carbocycles. The standard InChI is InChI=1S/C18H25NO6/c1-17(2,3)24-16(23)18-8-6-11(7-9-18)10-12(18)15(22)25-19-13(20)4-5-14(19)21/h11-12H,4-10H2,1-3H3. The zero-order chi connectivity index (χ0) is 18.4. The monoisotopic (exact) mass is 351 g/mol. The average molecular weight is 351 g/mol. The Bertz CT molecular complexity index is 596. The molecular weight excluding hydrogens is 326 g/mol. The predicted octanol–water partition coefficient (Wildman–Crippen LogP) is 2.13. The van der Waals surface area contributed by atoms with Gasteiger partial charge in [0.05, 0.1) is 11.3 Å². The number of nitrogens with zero attached hydrogens (tertiary/aromatic N) is 1. The van der Waals surface area contributed by atoms with Gasteiger partial charge in [-0.15, -0.1) is 5.06 Å². The highest BCUT2D eigenvalue weighted by Gasteiger charge is 2.58. The maximum Gasteiger partial charge on any atom is 0.337 e. The van der Waals surface area contributed by atoms with Crippen LogP contribution >= 0.6 is 0 Å². The van der Waals surface area contributed by atoms with Gasteiger partial charge >= 0.3 is 11.9 Å². The number of rotatable bonds is 3.